The van der Waals surface area contributed by atoms with Crippen molar-refractivity contribution >= 4 is 39.5 Å². The Kier molecular flexibility index (Phi) is 68.5. The number of hydrogen-bond acceptors (Lipinski definition) is 15. The Morgan fingerprint density at radius 3 is 0.918 bits per heavy atom. The second-order valence-corrected chi connectivity index (χ2v) is 31.4. The normalized spacial score (nSPS) is 14.4. The molecule has 0 aromatic carbocycles. The highest BCUT2D eigenvalue weighted by atomic mass is 31.2. The molecule has 0 spiro atoms. The van der Waals surface area contributed by atoms with Gasteiger partial charge in [0, 0.05) is 25.7 Å². The molecule has 98 heavy (non-hydrogen) atoms. The predicted molar refractivity (Wildman–Crippen MR) is 400 cm³/mol. The van der Waals surface area contributed by atoms with Crippen molar-refractivity contribution in [3.63, 3.8) is 0 Å². The number of hydrogen-bond donors (Lipinski definition) is 3. The van der Waals surface area contributed by atoms with Gasteiger partial charge in [-0.3, -0.25) is 37.3 Å². The molecule has 6 atom stereocenters. The van der Waals surface area contributed by atoms with E-state index in [1.807, 2.05) is 0 Å². The smallest absolute Gasteiger partial charge is 0.462 e. The second kappa shape index (κ2) is 70.2. The molecular formula is C79H150O17P2. The van der Waals surface area contributed by atoms with Crippen molar-refractivity contribution in [3.05, 3.63) is 24.3 Å². The van der Waals surface area contributed by atoms with Gasteiger partial charge in [-0.15, -0.1) is 0 Å². The van der Waals surface area contributed by atoms with E-state index in [4.69, 9.17) is 37.0 Å². The first kappa shape index (κ1) is 95.5. The number of phosphoric acid groups is 2. The lowest BCUT2D eigenvalue weighted by Gasteiger charge is -2.21. The maximum atomic E-state index is 13.1. The van der Waals surface area contributed by atoms with Gasteiger partial charge in [0.2, 0.25) is 0 Å². The van der Waals surface area contributed by atoms with Crippen molar-refractivity contribution in [2.75, 3.05) is 39.6 Å². The molecule has 0 radical (unpaired) electrons. The van der Waals surface area contributed by atoms with E-state index in [0.717, 1.165) is 121 Å². The summed E-state index contributed by atoms with van der Waals surface area (Å²) in [5.74, 6) is -0.582. The molecule has 3 N–H and O–H groups in total. The fourth-order valence-electron chi connectivity index (χ4n) is 11.6. The standard InChI is InChI=1S/C79H150O17P2/c1-7-10-12-14-16-18-20-22-24-26-28-30-39-45-51-57-63-78(83)95-74(67-89-76(81)61-55-49-43-37-29-27-25-23-21-19-17-15-13-11-8-2)69-93-97(85,86)91-65-73(80)66-92-98(87,88)94-70-75(68-90-77(82)62-56-50-44-38-33-31-35-41-47-53-59-71(4)5)96-79(84)64-58-52-46-40-34-32-36-42-48-54-60-72(6)9-3/h19,21,23,25,71-75,80H,7-18,20,22,24,26-70H2,1-6H3,(H,85,86)(H,87,88)/b21-19-,25-23-/t72?,73-,74-,75-/m1/s1. The van der Waals surface area contributed by atoms with Crippen molar-refractivity contribution in [2.24, 2.45) is 11.8 Å². The predicted octanol–water partition coefficient (Wildman–Crippen LogP) is 23.1. The minimum absolute atomic E-state index is 0.101. The molecule has 0 fully saturated rings. The molecule has 0 aliphatic carbocycles. The number of allylic oxidation sites excluding steroid dienone is 4. The zero-order valence-corrected chi connectivity index (χ0v) is 65.4. The van der Waals surface area contributed by atoms with E-state index in [0.29, 0.717) is 25.7 Å². The molecular weight excluding hydrogens is 1280 g/mol. The van der Waals surface area contributed by atoms with Crippen LogP contribution in [0.3, 0.4) is 0 Å². The van der Waals surface area contributed by atoms with Crippen molar-refractivity contribution in [3.8, 4) is 0 Å². The van der Waals surface area contributed by atoms with Crippen molar-refractivity contribution < 1.29 is 80.2 Å². The summed E-state index contributed by atoms with van der Waals surface area (Å²) in [6, 6.07) is 0. The van der Waals surface area contributed by atoms with Gasteiger partial charge in [0.25, 0.3) is 0 Å². The van der Waals surface area contributed by atoms with Crippen molar-refractivity contribution in [1.29, 1.82) is 0 Å². The van der Waals surface area contributed by atoms with Crippen LogP contribution in [0.25, 0.3) is 0 Å². The first-order chi connectivity index (χ1) is 47.4. The van der Waals surface area contributed by atoms with Crippen LogP contribution < -0.4 is 0 Å². The van der Waals surface area contributed by atoms with Gasteiger partial charge in [-0.25, -0.2) is 9.13 Å². The maximum Gasteiger partial charge on any atom is 0.472 e. The third-order valence-electron chi connectivity index (χ3n) is 18.2. The summed E-state index contributed by atoms with van der Waals surface area (Å²) in [4.78, 5) is 73.0. The maximum absolute atomic E-state index is 13.1. The Bertz CT molecular complexity index is 1990. The lowest BCUT2D eigenvalue weighted by molar-refractivity contribution is -0.161. The zero-order chi connectivity index (χ0) is 72.1. The van der Waals surface area contributed by atoms with E-state index in [2.05, 4.69) is 65.8 Å². The molecule has 0 bridgehead atoms. The van der Waals surface area contributed by atoms with Gasteiger partial charge in [0.15, 0.2) is 12.2 Å². The van der Waals surface area contributed by atoms with E-state index in [-0.39, 0.29) is 25.7 Å². The van der Waals surface area contributed by atoms with Gasteiger partial charge >= 0.3 is 39.5 Å². The number of aliphatic hydroxyl groups excluding tert-OH is 1. The van der Waals surface area contributed by atoms with Gasteiger partial charge in [-0.1, -0.05) is 336 Å². The van der Waals surface area contributed by atoms with Crippen LogP contribution in [-0.4, -0.2) is 96.7 Å². The topological polar surface area (TPSA) is 237 Å². The van der Waals surface area contributed by atoms with Crippen LogP contribution in [0, 0.1) is 11.8 Å². The van der Waals surface area contributed by atoms with Gasteiger partial charge in [-0.05, 0) is 63.2 Å². The van der Waals surface area contributed by atoms with Crippen LogP contribution in [0.4, 0.5) is 0 Å². The lowest BCUT2D eigenvalue weighted by Crippen LogP contribution is -2.30. The molecule has 19 heteroatoms. The van der Waals surface area contributed by atoms with Crippen molar-refractivity contribution in [1.82, 2.24) is 0 Å². The van der Waals surface area contributed by atoms with E-state index >= 15 is 0 Å². The molecule has 0 saturated heterocycles. The SMILES string of the molecule is CCCCCC/C=C\C=C/CCCCCCCC(=O)OC[C@H](COP(=O)(O)OC[C@@H](O)COP(=O)(O)OC[C@@H](COC(=O)CCCCCCCCCCCCC(C)C)OC(=O)CCCCCCCCCCCCC(C)CC)OC(=O)CCCCCCCCCCCCCCCCCC. The Balaban J connectivity index is 5.31. The molecule has 0 aromatic heterocycles. The molecule has 0 heterocycles. The molecule has 578 valence electrons. The zero-order valence-electron chi connectivity index (χ0n) is 63.6. The number of esters is 4. The highest BCUT2D eigenvalue weighted by Crippen LogP contribution is 2.45. The molecule has 3 unspecified atom stereocenters. The molecule has 0 rings (SSSR count). The van der Waals surface area contributed by atoms with Crippen LogP contribution in [0.15, 0.2) is 24.3 Å². The van der Waals surface area contributed by atoms with E-state index in [1.165, 1.54) is 186 Å². The summed E-state index contributed by atoms with van der Waals surface area (Å²) in [6.45, 7) is 9.57. The quantitative estimate of drug-likeness (QED) is 0.0169. The molecule has 0 aliphatic rings. The Morgan fingerprint density at radius 1 is 0.337 bits per heavy atom. The van der Waals surface area contributed by atoms with Gasteiger partial charge in [0.1, 0.15) is 19.3 Å². The summed E-state index contributed by atoms with van der Waals surface area (Å²) < 4.78 is 68.6. The van der Waals surface area contributed by atoms with E-state index < -0.39 is 97.5 Å². The summed E-state index contributed by atoms with van der Waals surface area (Å²) in [7, 11) is -9.93. The summed E-state index contributed by atoms with van der Waals surface area (Å²) in [5.41, 5.74) is 0. The van der Waals surface area contributed by atoms with E-state index in [1.54, 1.807) is 0 Å². The Hall–Kier alpha value is -2.46. The average molecular weight is 1430 g/mol. The van der Waals surface area contributed by atoms with E-state index in [9.17, 15) is 43.2 Å². The third kappa shape index (κ3) is 70.6. The Morgan fingerprint density at radius 2 is 0.602 bits per heavy atom. The molecule has 0 aromatic rings. The van der Waals surface area contributed by atoms with Gasteiger partial charge in [0.05, 0.1) is 26.4 Å². The first-order valence-corrected chi connectivity index (χ1v) is 43.3. The van der Waals surface area contributed by atoms with Crippen LogP contribution in [0.1, 0.15) is 388 Å². The average Bonchev–Trinajstić information content (AvgIpc) is 1.13. The number of unbranched alkanes of at least 4 members (excludes halogenated alkanes) is 42. The summed E-state index contributed by atoms with van der Waals surface area (Å²) in [6.07, 6.45) is 61.6. The first-order valence-electron chi connectivity index (χ1n) is 40.3. The van der Waals surface area contributed by atoms with Gasteiger partial charge in [-0.2, -0.15) is 0 Å². The lowest BCUT2D eigenvalue weighted by atomic mass is 9.99. The number of ether oxygens (including phenoxy) is 4. The third-order valence-corrected chi connectivity index (χ3v) is 20.1. The number of carbonyl (C=O) groups is 4. The molecule has 0 amide bonds. The minimum atomic E-state index is -4.97. The monoisotopic (exact) mass is 1430 g/mol. The molecule has 0 aliphatic heterocycles. The minimum Gasteiger partial charge on any atom is -0.462 e. The number of rotatable bonds is 76. The highest BCUT2D eigenvalue weighted by molar-refractivity contribution is 7.47. The fourth-order valence-corrected chi connectivity index (χ4v) is 13.2. The second-order valence-electron chi connectivity index (χ2n) is 28.5. The fraction of sp³-hybridized carbons (Fsp3) is 0.899. The van der Waals surface area contributed by atoms with Crippen LogP contribution in [0.2, 0.25) is 0 Å². The van der Waals surface area contributed by atoms with Gasteiger partial charge < -0.3 is 33.8 Å². The van der Waals surface area contributed by atoms with Crippen LogP contribution >= 0.6 is 15.6 Å². The van der Waals surface area contributed by atoms with Crippen LogP contribution in [0.5, 0.6) is 0 Å². The Labute approximate surface area is 599 Å². The van der Waals surface area contributed by atoms with Crippen molar-refractivity contribution in [2.45, 2.75) is 407 Å². The summed E-state index contributed by atoms with van der Waals surface area (Å²) in [5, 5.41) is 10.6. The number of phosphoric ester groups is 2. The molecule has 0 saturated carbocycles. The summed E-state index contributed by atoms with van der Waals surface area (Å²) >= 11 is 0. The largest absolute Gasteiger partial charge is 0.472 e. The number of aliphatic hydroxyl groups is 1. The van der Waals surface area contributed by atoms with Crippen LogP contribution in [-0.2, 0) is 65.4 Å². The molecule has 17 nitrogen and oxygen atoms in total. The number of carbonyl (C=O) groups excluding carboxylic acids is 4. The highest BCUT2D eigenvalue weighted by Gasteiger charge is 2.30.